The molecule has 0 aromatic heterocycles. The summed E-state index contributed by atoms with van der Waals surface area (Å²) in [4.78, 5) is 0. The third-order valence-corrected chi connectivity index (χ3v) is 14.4. The number of aryl methyl sites for hydroxylation is 9. The number of benzene rings is 9. The smallest absolute Gasteiger partial charge is 0.145 e. The molecule has 0 saturated heterocycles. The summed E-state index contributed by atoms with van der Waals surface area (Å²) in [5, 5.41) is 0. The standard InChI is InChI=1S/3C22H24N.3BrH/c3*1-17-11-5-8-14-20(17)23(4,21-15-9-6-12-18(21)2)22-16-10-7-13-19(22)3;;;/h3*5-16H,1-4H3;3*1H/q3*+1;;;/p-3. The summed E-state index contributed by atoms with van der Waals surface area (Å²) >= 11 is 0. The molecule has 0 N–H and O–H groups in total. The fraction of sp³-hybridized carbons (Fsp3) is 0.182. The van der Waals surface area contributed by atoms with Gasteiger partial charge in [0.05, 0.1) is 21.1 Å². The third-order valence-electron chi connectivity index (χ3n) is 14.4. The first-order valence-electron chi connectivity index (χ1n) is 24.3. The van der Waals surface area contributed by atoms with Crippen molar-refractivity contribution in [2.24, 2.45) is 0 Å². The maximum atomic E-state index is 2.30. The van der Waals surface area contributed by atoms with E-state index in [9.17, 15) is 0 Å². The molecule has 0 fully saturated rings. The molecule has 372 valence electrons. The fourth-order valence-electron chi connectivity index (χ4n) is 10.8. The quantitative estimate of drug-likeness (QED) is 0.127. The van der Waals surface area contributed by atoms with Gasteiger partial charge in [0.2, 0.25) is 0 Å². The molecule has 0 aliphatic heterocycles. The number of hydrogen-bond acceptors (Lipinski definition) is 0. The van der Waals surface area contributed by atoms with Crippen molar-refractivity contribution < 1.29 is 50.9 Å². The highest BCUT2D eigenvalue weighted by atomic mass is 79.9. The van der Waals surface area contributed by atoms with Crippen LogP contribution >= 0.6 is 0 Å². The van der Waals surface area contributed by atoms with E-state index in [0.29, 0.717) is 13.4 Å². The number of halogens is 3. The van der Waals surface area contributed by atoms with Gasteiger partial charge in [0.25, 0.3) is 0 Å². The van der Waals surface area contributed by atoms with Gasteiger partial charge in [-0.3, -0.25) is 0 Å². The SMILES string of the molecule is Cc1ccccc1[N+](C)(c1ccccc1C)c1ccccc1C.Cc1ccccc1[N+](C)(c1ccccc1C)c1ccccc1C.Cc1ccccc1[N+](C)(c1ccccc1C)c1ccccc1C.[Br-].[Br-].[Br-]. The van der Waals surface area contributed by atoms with Crippen molar-refractivity contribution in [3.8, 4) is 0 Å². The van der Waals surface area contributed by atoms with Crippen LogP contribution in [0.1, 0.15) is 50.1 Å². The molecule has 0 aliphatic carbocycles. The number of para-hydroxylation sites is 9. The van der Waals surface area contributed by atoms with E-state index >= 15 is 0 Å². The van der Waals surface area contributed by atoms with E-state index < -0.39 is 0 Å². The minimum Gasteiger partial charge on any atom is -1.00 e. The predicted octanol–water partition coefficient (Wildman–Crippen LogP) is 9.65. The summed E-state index contributed by atoms with van der Waals surface area (Å²) in [6.07, 6.45) is 0. The minimum absolute atomic E-state index is 0. The van der Waals surface area contributed by atoms with Gasteiger partial charge in [-0.1, -0.05) is 164 Å². The normalized spacial score (nSPS) is 11.0. The highest BCUT2D eigenvalue weighted by molar-refractivity contribution is 5.78. The first-order valence-corrected chi connectivity index (χ1v) is 24.3. The van der Waals surface area contributed by atoms with Gasteiger partial charge in [0, 0.05) is 105 Å². The Morgan fingerprint density at radius 3 is 0.333 bits per heavy atom. The molecule has 0 radical (unpaired) electrons. The molecular formula is C66H72Br3N3. The molecule has 9 aromatic rings. The van der Waals surface area contributed by atoms with Gasteiger partial charge in [-0.2, -0.15) is 0 Å². The van der Waals surface area contributed by atoms with Crippen LogP contribution in [-0.2, 0) is 0 Å². The van der Waals surface area contributed by atoms with Gasteiger partial charge in [-0.05, 0) is 62.3 Å². The molecule has 0 atom stereocenters. The van der Waals surface area contributed by atoms with Crippen molar-refractivity contribution in [3.63, 3.8) is 0 Å². The molecule has 72 heavy (non-hydrogen) atoms. The topological polar surface area (TPSA) is 0 Å². The van der Waals surface area contributed by atoms with E-state index in [1.54, 1.807) is 0 Å². The average Bonchev–Trinajstić information content (AvgIpc) is 3.35. The van der Waals surface area contributed by atoms with Gasteiger partial charge < -0.3 is 50.9 Å². The average molecular weight is 1150 g/mol. The number of quaternary nitrogens is 3. The van der Waals surface area contributed by atoms with Crippen LogP contribution in [0.3, 0.4) is 0 Å². The van der Waals surface area contributed by atoms with Gasteiger partial charge in [0.15, 0.2) is 0 Å². The molecule has 3 nitrogen and oxygen atoms in total. The lowest BCUT2D eigenvalue weighted by molar-refractivity contribution is -0.00100. The van der Waals surface area contributed by atoms with Crippen LogP contribution < -0.4 is 64.4 Å². The zero-order chi connectivity index (χ0) is 49.3. The van der Waals surface area contributed by atoms with Crippen LogP contribution in [0.2, 0.25) is 0 Å². The molecular weight excluding hydrogens is 1070 g/mol. The van der Waals surface area contributed by atoms with E-state index in [4.69, 9.17) is 0 Å². The van der Waals surface area contributed by atoms with E-state index in [2.05, 4.69) is 302 Å². The maximum absolute atomic E-state index is 2.30. The van der Waals surface area contributed by atoms with Gasteiger partial charge >= 0.3 is 0 Å². The second-order valence-electron chi connectivity index (χ2n) is 19.1. The van der Waals surface area contributed by atoms with Gasteiger partial charge in [0.1, 0.15) is 51.2 Å². The molecule has 0 unspecified atom stereocenters. The first kappa shape index (κ1) is 58.9. The van der Waals surface area contributed by atoms with E-state index in [1.165, 1.54) is 101 Å². The van der Waals surface area contributed by atoms with Crippen molar-refractivity contribution in [3.05, 3.63) is 268 Å². The summed E-state index contributed by atoms with van der Waals surface area (Å²) < 4.78 is 2.06. The molecule has 0 bridgehead atoms. The summed E-state index contributed by atoms with van der Waals surface area (Å²) in [5.41, 5.74) is 23.6. The number of nitrogens with zero attached hydrogens (tertiary/aromatic N) is 3. The first-order chi connectivity index (χ1) is 33.1. The predicted molar refractivity (Wildman–Crippen MR) is 302 cm³/mol. The Morgan fingerprint density at radius 2 is 0.250 bits per heavy atom. The van der Waals surface area contributed by atoms with Crippen molar-refractivity contribution in [1.82, 2.24) is 13.4 Å². The Hall–Kier alpha value is -5.70. The van der Waals surface area contributed by atoms with E-state index in [1.807, 2.05) is 0 Å². The van der Waals surface area contributed by atoms with Crippen LogP contribution in [0.15, 0.2) is 218 Å². The van der Waals surface area contributed by atoms with Crippen molar-refractivity contribution in [2.45, 2.75) is 62.3 Å². The van der Waals surface area contributed by atoms with E-state index in [0.717, 1.165) is 0 Å². The summed E-state index contributed by atoms with van der Waals surface area (Å²) in [7, 11) is 6.90. The lowest BCUT2D eigenvalue weighted by Crippen LogP contribution is -3.00. The van der Waals surface area contributed by atoms with Crippen LogP contribution in [0.5, 0.6) is 0 Å². The number of rotatable bonds is 9. The van der Waals surface area contributed by atoms with Crippen molar-refractivity contribution in [1.29, 1.82) is 0 Å². The van der Waals surface area contributed by atoms with Crippen LogP contribution in [0.25, 0.3) is 0 Å². The second kappa shape index (κ2) is 25.8. The lowest BCUT2D eigenvalue weighted by Gasteiger charge is -2.36. The van der Waals surface area contributed by atoms with Crippen molar-refractivity contribution >= 4 is 51.2 Å². The third kappa shape index (κ3) is 11.9. The van der Waals surface area contributed by atoms with Crippen molar-refractivity contribution in [2.75, 3.05) is 21.1 Å². The Bertz CT molecular complexity index is 2520. The Kier molecular flexibility index (Phi) is 21.1. The van der Waals surface area contributed by atoms with Gasteiger partial charge in [-0.15, -0.1) is 0 Å². The van der Waals surface area contributed by atoms with E-state index in [-0.39, 0.29) is 50.9 Å². The molecule has 0 amide bonds. The second-order valence-corrected chi connectivity index (χ2v) is 19.1. The molecule has 9 aromatic carbocycles. The van der Waals surface area contributed by atoms with Gasteiger partial charge in [-0.25, -0.2) is 13.4 Å². The Labute approximate surface area is 464 Å². The Balaban J connectivity index is 0.000000230. The summed E-state index contributed by atoms with van der Waals surface area (Å²) in [5.74, 6) is 0. The highest BCUT2D eigenvalue weighted by Gasteiger charge is 2.37. The largest absolute Gasteiger partial charge is 1.00 e. The minimum atomic E-state index is 0. The van der Waals surface area contributed by atoms with Crippen LogP contribution in [-0.4, -0.2) is 21.1 Å². The molecule has 0 heterocycles. The van der Waals surface area contributed by atoms with Crippen LogP contribution in [0.4, 0.5) is 51.2 Å². The molecule has 0 saturated carbocycles. The molecule has 0 spiro atoms. The fourth-order valence-corrected chi connectivity index (χ4v) is 10.8. The zero-order valence-corrected chi connectivity index (χ0v) is 49.0. The highest BCUT2D eigenvalue weighted by Crippen LogP contribution is 2.49. The monoisotopic (exact) mass is 1140 g/mol. The molecule has 6 heteroatoms. The summed E-state index contributed by atoms with van der Waals surface area (Å²) in [6.45, 7) is 19.8. The van der Waals surface area contributed by atoms with Crippen LogP contribution in [0, 0.1) is 62.3 Å². The maximum Gasteiger partial charge on any atom is 0.145 e. The number of hydrogen-bond donors (Lipinski definition) is 0. The Morgan fingerprint density at radius 1 is 0.167 bits per heavy atom. The zero-order valence-electron chi connectivity index (χ0n) is 44.3. The summed E-state index contributed by atoms with van der Waals surface area (Å²) in [6, 6.07) is 78.2. The molecule has 0 aliphatic rings. The lowest BCUT2D eigenvalue weighted by atomic mass is 10.0. The molecule has 9 rings (SSSR count).